The third kappa shape index (κ3) is 5.59. The fourth-order valence-corrected chi connectivity index (χ4v) is 4.07. The van der Waals surface area contributed by atoms with Gasteiger partial charge in [0.1, 0.15) is 9.84 Å². The minimum Gasteiger partial charge on any atom is -0.338 e. The van der Waals surface area contributed by atoms with Crippen LogP contribution in [0.1, 0.15) is 34.2 Å². The Morgan fingerprint density at radius 2 is 1.79 bits per heavy atom. The average molecular weight is 425 g/mol. The van der Waals surface area contributed by atoms with Gasteiger partial charge < -0.3 is 4.90 Å². The zero-order valence-electron chi connectivity index (χ0n) is 16.0. The number of alkyl halides is 3. The number of nitrogens with zero attached hydrogens (tertiary/aromatic N) is 1. The van der Waals surface area contributed by atoms with Crippen molar-refractivity contribution in [2.75, 3.05) is 18.6 Å². The molecule has 2 aromatic carbocycles. The molecule has 0 aromatic heterocycles. The quantitative estimate of drug-likeness (QED) is 0.735. The Morgan fingerprint density at radius 3 is 2.41 bits per heavy atom. The lowest BCUT2D eigenvalue weighted by atomic mass is 9.91. The van der Waals surface area contributed by atoms with E-state index >= 15 is 0 Å². The molecule has 2 aromatic rings. The first-order valence-electron chi connectivity index (χ1n) is 9.24. The maximum Gasteiger partial charge on any atom is 0.416 e. The van der Waals surface area contributed by atoms with Crippen LogP contribution in [0.25, 0.3) is 0 Å². The maximum atomic E-state index is 12.7. The molecule has 4 nitrogen and oxygen atoms in total. The van der Waals surface area contributed by atoms with Crippen molar-refractivity contribution in [3.63, 3.8) is 0 Å². The van der Waals surface area contributed by atoms with E-state index < -0.39 is 21.6 Å². The van der Waals surface area contributed by atoms with Gasteiger partial charge in [-0.3, -0.25) is 4.79 Å². The van der Waals surface area contributed by atoms with Gasteiger partial charge >= 0.3 is 6.18 Å². The summed E-state index contributed by atoms with van der Waals surface area (Å²) in [4.78, 5) is 14.0. The molecule has 29 heavy (non-hydrogen) atoms. The second-order valence-electron chi connectivity index (χ2n) is 7.37. The van der Waals surface area contributed by atoms with E-state index in [0.29, 0.717) is 25.9 Å². The molecule has 0 unspecified atom stereocenters. The minimum atomic E-state index is -4.35. The maximum absolute atomic E-state index is 12.7. The highest BCUT2D eigenvalue weighted by molar-refractivity contribution is 7.90. The number of halogens is 3. The van der Waals surface area contributed by atoms with Crippen LogP contribution in [0.2, 0.25) is 0 Å². The molecule has 1 aliphatic heterocycles. The van der Waals surface area contributed by atoms with Gasteiger partial charge in [-0.1, -0.05) is 30.3 Å². The number of sulfone groups is 1. The second-order valence-corrected chi connectivity index (χ2v) is 9.63. The number of hydrogen-bond donors (Lipinski definition) is 0. The highest BCUT2D eigenvalue weighted by atomic mass is 32.2. The van der Waals surface area contributed by atoms with Gasteiger partial charge in [-0.25, -0.2) is 8.42 Å². The third-order valence-corrected chi connectivity index (χ3v) is 6.02. The van der Waals surface area contributed by atoms with Crippen molar-refractivity contribution in [3.8, 4) is 0 Å². The van der Waals surface area contributed by atoms with Crippen molar-refractivity contribution in [2.45, 2.75) is 32.0 Å². The first-order chi connectivity index (χ1) is 13.5. The standard InChI is InChI=1S/C21H22F3NO3S/c1-29(27,28)12-10-20(26)25-11-9-19-16(3-2-4-17(19)14-25)13-15-5-7-18(8-6-15)21(22,23)24/h2-8H,9-14H2,1H3. The van der Waals surface area contributed by atoms with Crippen molar-refractivity contribution in [2.24, 2.45) is 0 Å². The number of amides is 1. The molecule has 3 rings (SSSR count). The molecule has 0 radical (unpaired) electrons. The number of rotatable bonds is 5. The summed E-state index contributed by atoms with van der Waals surface area (Å²) in [5, 5.41) is 0. The van der Waals surface area contributed by atoms with Crippen LogP contribution in [-0.2, 0) is 40.2 Å². The Balaban J connectivity index is 1.71. The van der Waals surface area contributed by atoms with Crippen LogP contribution in [0.5, 0.6) is 0 Å². The van der Waals surface area contributed by atoms with Gasteiger partial charge in [-0.15, -0.1) is 0 Å². The zero-order valence-corrected chi connectivity index (χ0v) is 16.8. The molecule has 156 valence electrons. The molecule has 0 bridgehead atoms. The molecule has 0 atom stereocenters. The Bertz CT molecular complexity index is 999. The van der Waals surface area contributed by atoms with Crippen LogP contribution in [-0.4, -0.2) is 37.8 Å². The smallest absolute Gasteiger partial charge is 0.338 e. The number of benzene rings is 2. The van der Waals surface area contributed by atoms with Gasteiger partial charge in [0.25, 0.3) is 0 Å². The largest absolute Gasteiger partial charge is 0.416 e. The number of carbonyl (C=O) groups excluding carboxylic acids is 1. The summed E-state index contributed by atoms with van der Waals surface area (Å²) < 4.78 is 60.7. The Kier molecular flexibility index (Phi) is 6.03. The van der Waals surface area contributed by atoms with E-state index in [-0.39, 0.29) is 18.1 Å². The van der Waals surface area contributed by atoms with Crippen LogP contribution in [0.15, 0.2) is 42.5 Å². The third-order valence-electron chi connectivity index (χ3n) is 5.08. The van der Waals surface area contributed by atoms with Crippen molar-refractivity contribution in [1.82, 2.24) is 4.90 Å². The number of fused-ring (bicyclic) bond motifs is 1. The molecule has 0 saturated heterocycles. The fourth-order valence-electron chi connectivity index (χ4n) is 3.53. The SMILES string of the molecule is CS(=O)(=O)CCC(=O)N1CCc2c(Cc3ccc(C(F)(F)F)cc3)cccc2C1. The predicted molar refractivity (Wildman–Crippen MR) is 104 cm³/mol. The highest BCUT2D eigenvalue weighted by Crippen LogP contribution is 2.30. The van der Waals surface area contributed by atoms with Crippen LogP contribution in [0, 0.1) is 0 Å². The lowest BCUT2D eigenvalue weighted by Crippen LogP contribution is -2.37. The zero-order chi connectivity index (χ0) is 21.2. The summed E-state index contributed by atoms with van der Waals surface area (Å²) in [7, 11) is -3.19. The van der Waals surface area contributed by atoms with E-state index in [1.54, 1.807) is 4.90 Å². The van der Waals surface area contributed by atoms with Crippen LogP contribution in [0.4, 0.5) is 13.2 Å². The predicted octanol–water partition coefficient (Wildman–Crippen LogP) is 3.62. The summed E-state index contributed by atoms with van der Waals surface area (Å²) in [6, 6.07) is 10.9. The van der Waals surface area contributed by atoms with Gasteiger partial charge in [0.05, 0.1) is 11.3 Å². The molecule has 1 amide bonds. The van der Waals surface area contributed by atoms with E-state index in [4.69, 9.17) is 0 Å². The summed E-state index contributed by atoms with van der Waals surface area (Å²) in [6.45, 7) is 0.915. The van der Waals surface area contributed by atoms with Gasteiger partial charge in [0, 0.05) is 25.8 Å². The normalized spacial score (nSPS) is 14.6. The fraction of sp³-hybridized carbons (Fsp3) is 0.381. The summed E-state index contributed by atoms with van der Waals surface area (Å²) in [6.07, 6.45) is -2.11. The van der Waals surface area contributed by atoms with E-state index in [1.807, 2.05) is 18.2 Å². The number of hydrogen-bond acceptors (Lipinski definition) is 3. The van der Waals surface area contributed by atoms with Crippen molar-refractivity contribution >= 4 is 15.7 Å². The summed E-state index contributed by atoms with van der Waals surface area (Å²) in [5.74, 6) is -0.349. The molecule has 0 N–H and O–H groups in total. The molecule has 0 saturated carbocycles. The Hall–Kier alpha value is -2.35. The molecular weight excluding hydrogens is 403 g/mol. The average Bonchev–Trinajstić information content (AvgIpc) is 2.65. The van der Waals surface area contributed by atoms with Crippen LogP contribution < -0.4 is 0 Å². The van der Waals surface area contributed by atoms with Crippen LogP contribution in [0.3, 0.4) is 0 Å². The van der Waals surface area contributed by atoms with Crippen molar-refractivity contribution in [3.05, 3.63) is 70.3 Å². The highest BCUT2D eigenvalue weighted by Gasteiger charge is 2.30. The van der Waals surface area contributed by atoms with Gasteiger partial charge in [0.15, 0.2) is 0 Å². The monoisotopic (exact) mass is 425 g/mol. The van der Waals surface area contributed by atoms with E-state index in [9.17, 15) is 26.4 Å². The molecular formula is C21H22F3NO3S. The van der Waals surface area contributed by atoms with Gasteiger partial charge in [0.2, 0.25) is 5.91 Å². The summed E-state index contributed by atoms with van der Waals surface area (Å²) >= 11 is 0. The van der Waals surface area contributed by atoms with Gasteiger partial charge in [-0.05, 0) is 47.2 Å². The first-order valence-corrected chi connectivity index (χ1v) is 11.3. The molecule has 0 spiro atoms. The van der Waals surface area contributed by atoms with E-state index in [2.05, 4.69) is 0 Å². The van der Waals surface area contributed by atoms with E-state index in [1.165, 1.54) is 12.1 Å². The van der Waals surface area contributed by atoms with E-state index in [0.717, 1.165) is 40.6 Å². The van der Waals surface area contributed by atoms with Crippen molar-refractivity contribution in [1.29, 1.82) is 0 Å². The Morgan fingerprint density at radius 1 is 1.10 bits per heavy atom. The second kappa shape index (κ2) is 8.18. The molecule has 1 heterocycles. The van der Waals surface area contributed by atoms with Gasteiger partial charge in [-0.2, -0.15) is 13.2 Å². The molecule has 0 aliphatic carbocycles. The van der Waals surface area contributed by atoms with Crippen LogP contribution >= 0.6 is 0 Å². The molecule has 1 aliphatic rings. The topological polar surface area (TPSA) is 54.5 Å². The summed E-state index contributed by atoms with van der Waals surface area (Å²) in [5.41, 5.74) is 3.26. The first kappa shape index (κ1) is 21.4. The lowest BCUT2D eigenvalue weighted by molar-refractivity contribution is -0.137. The molecule has 8 heteroatoms. The number of carbonyl (C=O) groups is 1. The molecule has 0 fully saturated rings. The van der Waals surface area contributed by atoms with Crippen molar-refractivity contribution < 1.29 is 26.4 Å². The minimum absolute atomic E-state index is 0.0284. The Labute approximate surface area is 168 Å². The lowest BCUT2D eigenvalue weighted by Gasteiger charge is -2.30.